The van der Waals surface area contributed by atoms with E-state index in [0.717, 1.165) is 4.90 Å². The lowest BCUT2D eigenvalue weighted by Crippen LogP contribution is -2.99. The molecule has 0 saturated carbocycles. The molecule has 2 aliphatic rings. The van der Waals surface area contributed by atoms with Gasteiger partial charge in [0.1, 0.15) is 29.6 Å². The van der Waals surface area contributed by atoms with Gasteiger partial charge in [-0.2, -0.15) is 11.8 Å². The highest BCUT2D eigenvalue weighted by atomic mass is 32.2. The molecular weight excluding hydrogens is 356 g/mol. The van der Waals surface area contributed by atoms with Gasteiger partial charge in [0.25, 0.3) is 0 Å². The van der Waals surface area contributed by atoms with Gasteiger partial charge in [0.15, 0.2) is 5.54 Å². The Morgan fingerprint density at radius 1 is 1.35 bits per heavy atom. The molecule has 0 aromatic heterocycles. The van der Waals surface area contributed by atoms with Crippen LogP contribution in [0, 0.1) is 11.8 Å². The lowest BCUT2D eigenvalue weighted by atomic mass is 9.78. The first-order valence-electron chi connectivity index (χ1n) is 8.58. The molecule has 1 aromatic carbocycles. The molecule has 2 saturated heterocycles. The van der Waals surface area contributed by atoms with Gasteiger partial charge in [0, 0.05) is 13.0 Å². The van der Waals surface area contributed by atoms with E-state index in [-0.39, 0.29) is 24.6 Å². The molecule has 4 atom stereocenters. The van der Waals surface area contributed by atoms with Crippen molar-refractivity contribution in [2.75, 3.05) is 18.6 Å². The third-order valence-electron chi connectivity index (χ3n) is 5.57. The number of amides is 2. The molecule has 1 aromatic rings. The van der Waals surface area contributed by atoms with Crippen molar-refractivity contribution in [1.82, 2.24) is 4.90 Å². The summed E-state index contributed by atoms with van der Waals surface area (Å²) in [6.45, 7) is 1.89. The molecule has 0 aliphatic carbocycles. The Morgan fingerprint density at radius 3 is 2.62 bits per heavy atom. The van der Waals surface area contributed by atoms with Crippen molar-refractivity contribution in [1.29, 1.82) is 0 Å². The van der Waals surface area contributed by atoms with Gasteiger partial charge >= 0.3 is 0 Å². The summed E-state index contributed by atoms with van der Waals surface area (Å²) in [7, 11) is 0. The molecule has 0 spiro atoms. The molecule has 140 valence electrons. The molecule has 2 heterocycles. The lowest BCUT2D eigenvalue weighted by Gasteiger charge is -2.32. The van der Waals surface area contributed by atoms with Crippen LogP contribution in [0.5, 0.6) is 5.75 Å². The molecule has 2 amide bonds. The van der Waals surface area contributed by atoms with E-state index in [2.05, 4.69) is 0 Å². The summed E-state index contributed by atoms with van der Waals surface area (Å²) in [5.41, 5.74) is -1.05. The van der Waals surface area contributed by atoms with Gasteiger partial charge in [0.05, 0.1) is 5.56 Å². The van der Waals surface area contributed by atoms with Crippen LogP contribution in [0.3, 0.4) is 0 Å². The summed E-state index contributed by atoms with van der Waals surface area (Å²) < 4.78 is 0. The Hall–Kier alpha value is -2.06. The summed E-state index contributed by atoms with van der Waals surface area (Å²) in [6, 6.07) is 5.90. The highest BCUT2D eigenvalue weighted by Gasteiger charge is 2.69. The van der Waals surface area contributed by atoms with Crippen LogP contribution in [0.15, 0.2) is 24.3 Å². The summed E-state index contributed by atoms with van der Waals surface area (Å²) in [5.74, 6) is -3.47. The zero-order valence-electron chi connectivity index (χ0n) is 14.7. The van der Waals surface area contributed by atoms with E-state index >= 15 is 0 Å². The molecule has 2 aliphatic heterocycles. The van der Waals surface area contributed by atoms with Crippen LogP contribution in [0.2, 0.25) is 0 Å². The molecule has 8 heteroatoms. The maximum atomic E-state index is 12.9. The molecular formula is C18H22N2O5S. The van der Waals surface area contributed by atoms with E-state index in [9.17, 15) is 24.6 Å². The first-order valence-corrected chi connectivity index (χ1v) is 9.98. The van der Waals surface area contributed by atoms with Crippen LogP contribution in [-0.2, 0) is 14.4 Å². The fourth-order valence-corrected chi connectivity index (χ4v) is 4.90. The molecule has 0 radical (unpaired) electrons. The third-order valence-corrected chi connectivity index (χ3v) is 6.19. The number of imide groups is 1. The number of carbonyl (C=O) groups excluding carboxylic acids is 3. The first kappa shape index (κ1) is 18.7. The minimum Gasteiger partial charge on any atom is -0.544 e. The third kappa shape index (κ3) is 2.59. The van der Waals surface area contributed by atoms with Crippen molar-refractivity contribution in [3.8, 4) is 5.75 Å². The van der Waals surface area contributed by atoms with Crippen molar-refractivity contribution < 1.29 is 29.9 Å². The van der Waals surface area contributed by atoms with Gasteiger partial charge in [0.2, 0.25) is 11.8 Å². The normalized spacial score (nSPS) is 30.7. The fraction of sp³-hybridized carbons (Fsp3) is 0.500. The second-order valence-electron chi connectivity index (χ2n) is 6.75. The maximum absolute atomic E-state index is 12.9. The standard InChI is InChI=1S/C18H22N2O5S/c1-3-20-15(22)12-13(16(20)23)18(17(24)25,8-9-26-2)19-14(12)10-6-4-5-7-11(10)21/h4-7,12-14,19,21H,3,8-9H2,1-2H3,(H,24,25)/t12-,13-,14+,18+/m0/s1. The lowest BCUT2D eigenvalue weighted by molar-refractivity contribution is -0.739. The SMILES string of the molecule is CCN1C(=O)[C@@H]2[C@@H](c3ccccc3O)[NH2+][C@@](CCSC)(C(=O)[O-])[C@@H]2C1=O. The predicted molar refractivity (Wildman–Crippen MR) is 92.9 cm³/mol. The number of nitrogens with zero attached hydrogens (tertiary/aromatic N) is 1. The average Bonchev–Trinajstić information content (AvgIpc) is 3.08. The Bertz CT molecular complexity index is 755. The van der Waals surface area contributed by atoms with Crippen molar-refractivity contribution in [3.63, 3.8) is 0 Å². The van der Waals surface area contributed by atoms with Gasteiger partial charge < -0.3 is 20.3 Å². The topological polar surface area (TPSA) is 114 Å². The van der Waals surface area contributed by atoms with Crippen LogP contribution >= 0.6 is 11.8 Å². The number of para-hydroxylation sites is 1. The van der Waals surface area contributed by atoms with E-state index in [1.54, 1.807) is 30.4 Å². The quantitative estimate of drug-likeness (QED) is 0.606. The fourth-order valence-electron chi connectivity index (χ4n) is 4.35. The number of thioether (sulfide) groups is 1. The molecule has 3 rings (SSSR count). The number of hydrogen-bond donors (Lipinski definition) is 2. The number of aromatic hydroxyl groups is 1. The maximum Gasteiger partial charge on any atom is 0.240 e. The van der Waals surface area contributed by atoms with Crippen LogP contribution in [0.1, 0.15) is 24.9 Å². The van der Waals surface area contributed by atoms with Crippen LogP contribution in [0.25, 0.3) is 0 Å². The second-order valence-corrected chi connectivity index (χ2v) is 7.73. The highest BCUT2D eigenvalue weighted by Crippen LogP contribution is 2.46. The Balaban J connectivity index is 2.14. The van der Waals surface area contributed by atoms with Crippen LogP contribution in [0.4, 0.5) is 0 Å². The molecule has 0 unspecified atom stereocenters. The van der Waals surface area contributed by atoms with Gasteiger partial charge in [-0.1, -0.05) is 12.1 Å². The molecule has 3 N–H and O–H groups in total. The number of nitrogens with two attached hydrogens (primary N) is 1. The first-order chi connectivity index (χ1) is 12.4. The zero-order chi connectivity index (χ0) is 19.1. The Labute approximate surface area is 155 Å². The molecule has 0 bridgehead atoms. The predicted octanol–water partition coefficient (Wildman–Crippen LogP) is -1.13. The number of carbonyl (C=O) groups is 3. The molecule has 2 fully saturated rings. The number of carboxylic acid groups (broad SMARTS) is 1. The minimum absolute atomic E-state index is 0.0123. The van der Waals surface area contributed by atoms with Crippen molar-refractivity contribution in [3.05, 3.63) is 29.8 Å². The number of benzene rings is 1. The van der Waals surface area contributed by atoms with Gasteiger partial charge in [-0.25, -0.2) is 0 Å². The number of likely N-dealkylation sites (tertiary alicyclic amines) is 1. The number of carboxylic acids is 1. The summed E-state index contributed by atoms with van der Waals surface area (Å²) in [5, 5.41) is 24.0. The largest absolute Gasteiger partial charge is 0.544 e. The number of aliphatic carboxylic acids is 1. The monoisotopic (exact) mass is 378 g/mol. The van der Waals surface area contributed by atoms with Gasteiger partial charge in [-0.15, -0.1) is 0 Å². The van der Waals surface area contributed by atoms with Crippen molar-refractivity contribution >= 4 is 29.5 Å². The van der Waals surface area contributed by atoms with Gasteiger partial charge in [-0.3, -0.25) is 14.5 Å². The van der Waals surface area contributed by atoms with Gasteiger partial charge in [-0.05, 0) is 31.1 Å². The number of phenols is 1. The van der Waals surface area contributed by atoms with E-state index in [1.807, 2.05) is 6.26 Å². The Morgan fingerprint density at radius 2 is 2.04 bits per heavy atom. The van der Waals surface area contributed by atoms with Crippen molar-refractivity contribution in [2.45, 2.75) is 24.9 Å². The smallest absolute Gasteiger partial charge is 0.240 e. The highest BCUT2D eigenvalue weighted by molar-refractivity contribution is 7.98. The number of fused-ring (bicyclic) bond motifs is 1. The molecule has 7 nitrogen and oxygen atoms in total. The van der Waals surface area contributed by atoms with E-state index < -0.39 is 35.3 Å². The number of quaternary nitrogens is 1. The van der Waals surface area contributed by atoms with Crippen molar-refractivity contribution in [2.24, 2.45) is 11.8 Å². The van der Waals surface area contributed by atoms with E-state index in [0.29, 0.717) is 11.3 Å². The van der Waals surface area contributed by atoms with E-state index in [4.69, 9.17) is 0 Å². The Kier molecular flexibility index (Phi) is 4.98. The number of phenolic OH excluding ortho intramolecular Hbond substituents is 1. The summed E-state index contributed by atoms with van der Waals surface area (Å²) in [6.07, 6.45) is 2.06. The van der Waals surface area contributed by atoms with E-state index in [1.165, 1.54) is 17.8 Å². The van der Waals surface area contributed by atoms with Crippen LogP contribution < -0.4 is 10.4 Å². The summed E-state index contributed by atoms with van der Waals surface area (Å²) >= 11 is 1.48. The average molecular weight is 378 g/mol. The van der Waals surface area contributed by atoms with Crippen LogP contribution in [-0.4, -0.2) is 51.9 Å². The summed E-state index contributed by atoms with van der Waals surface area (Å²) in [4.78, 5) is 39.1. The number of hydrogen-bond acceptors (Lipinski definition) is 6. The zero-order valence-corrected chi connectivity index (χ0v) is 15.5. The second kappa shape index (κ2) is 6.92. The minimum atomic E-state index is -1.52. The molecule has 26 heavy (non-hydrogen) atoms. The number of rotatable bonds is 6.